The zero-order valence-corrected chi connectivity index (χ0v) is 28.2. The van der Waals surface area contributed by atoms with E-state index in [0.717, 1.165) is 39.8 Å². The SMILES string of the molecule is Cc1cc(F)ccc1CNc1cc(C(=O)N2CCN(CC(=O)OCOC(=O)C(C)(C)C)CC2C)cc2c(C)c(C)n(CC3CC3)c12. The van der Waals surface area contributed by atoms with Gasteiger partial charge in [0.2, 0.25) is 6.79 Å². The van der Waals surface area contributed by atoms with Gasteiger partial charge in [0.25, 0.3) is 5.91 Å². The van der Waals surface area contributed by atoms with E-state index in [-0.39, 0.29) is 24.3 Å². The Morgan fingerprint density at radius 1 is 1.02 bits per heavy atom. The Morgan fingerprint density at radius 3 is 2.41 bits per heavy atom. The average molecular weight is 635 g/mol. The number of carbonyl (C=O) groups excluding carboxylic acids is 3. The number of anilines is 1. The number of halogens is 1. The number of aryl methyl sites for hydroxylation is 2. The highest BCUT2D eigenvalue weighted by Gasteiger charge is 2.31. The summed E-state index contributed by atoms with van der Waals surface area (Å²) in [5.41, 5.74) is 6.16. The molecule has 2 heterocycles. The van der Waals surface area contributed by atoms with Crippen LogP contribution < -0.4 is 5.32 Å². The summed E-state index contributed by atoms with van der Waals surface area (Å²) in [6.45, 7) is 15.9. The number of rotatable bonds is 10. The van der Waals surface area contributed by atoms with Crippen LogP contribution in [0.5, 0.6) is 0 Å². The smallest absolute Gasteiger partial charge is 0.323 e. The summed E-state index contributed by atoms with van der Waals surface area (Å²) in [6, 6.07) is 8.67. The maximum absolute atomic E-state index is 14.1. The van der Waals surface area contributed by atoms with Crippen LogP contribution in [0.25, 0.3) is 10.9 Å². The number of piperazine rings is 1. The topological polar surface area (TPSA) is 93.1 Å². The summed E-state index contributed by atoms with van der Waals surface area (Å²) in [5, 5.41) is 4.66. The molecule has 10 heteroatoms. The fraction of sp³-hybridized carbons (Fsp3) is 0.528. The van der Waals surface area contributed by atoms with Crippen molar-refractivity contribution < 1.29 is 28.2 Å². The maximum atomic E-state index is 14.1. The molecule has 248 valence electrons. The number of hydrogen-bond donors (Lipinski definition) is 1. The minimum atomic E-state index is -0.675. The van der Waals surface area contributed by atoms with Crippen molar-refractivity contribution in [3.05, 3.63) is 64.1 Å². The highest BCUT2D eigenvalue weighted by molar-refractivity contribution is 6.04. The number of esters is 2. The largest absolute Gasteiger partial charge is 0.427 e. The zero-order valence-electron chi connectivity index (χ0n) is 28.2. The quantitative estimate of drug-likeness (QED) is 0.217. The van der Waals surface area contributed by atoms with Gasteiger partial charge < -0.3 is 24.3 Å². The number of nitrogens with one attached hydrogen (secondary N) is 1. The minimum Gasteiger partial charge on any atom is -0.427 e. The zero-order chi connectivity index (χ0) is 33.3. The van der Waals surface area contributed by atoms with Crippen LogP contribution in [0, 0.1) is 37.9 Å². The van der Waals surface area contributed by atoms with Gasteiger partial charge in [-0.3, -0.25) is 19.3 Å². The van der Waals surface area contributed by atoms with E-state index in [1.165, 1.54) is 24.6 Å². The lowest BCUT2D eigenvalue weighted by molar-refractivity contribution is -0.173. The van der Waals surface area contributed by atoms with Crippen molar-refractivity contribution in [2.24, 2.45) is 11.3 Å². The van der Waals surface area contributed by atoms with Crippen LogP contribution in [-0.2, 0) is 32.2 Å². The number of hydrogen-bond acceptors (Lipinski definition) is 7. The first kappa shape index (κ1) is 33.4. The standard InChI is InChI=1S/C36H47FN4O5/c1-22-14-29(37)11-10-27(22)17-38-31-16-28(15-30-24(3)25(4)41(33(30)31)19-26-8-9-26)34(43)40-13-12-39(18-23(40)2)20-32(42)45-21-46-35(44)36(5,6)7/h10-11,14-16,23,26,38H,8-9,12-13,17-21H2,1-7H3. The van der Waals surface area contributed by atoms with Crippen LogP contribution >= 0.6 is 0 Å². The number of benzene rings is 2. The molecule has 1 atom stereocenters. The third kappa shape index (κ3) is 7.54. The van der Waals surface area contributed by atoms with E-state index < -0.39 is 24.1 Å². The monoisotopic (exact) mass is 634 g/mol. The normalized spacial score (nSPS) is 17.3. The molecule has 46 heavy (non-hydrogen) atoms. The third-order valence-corrected chi connectivity index (χ3v) is 9.24. The number of ether oxygens (including phenoxy) is 2. The van der Waals surface area contributed by atoms with Gasteiger partial charge in [-0.1, -0.05) is 6.07 Å². The molecule has 2 aliphatic rings. The molecule has 0 bridgehead atoms. The van der Waals surface area contributed by atoms with Gasteiger partial charge in [-0.2, -0.15) is 0 Å². The van der Waals surface area contributed by atoms with Crippen molar-refractivity contribution in [3.63, 3.8) is 0 Å². The molecule has 1 amide bonds. The Hall–Kier alpha value is -3.92. The lowest BCUT2D eigenvalue weighted by Crippen LogP contribution is -2.55. The molecule has 1 unspecified atom stereocenters. The van der Waals surface area contributed by atoms with Gasteiger partial charge >= 0.3 is 11.9 Å². The predicted molar refractivity (Wildman–Crippen MR) is 176 cm³/mol. The second-order valence-corrected chi connectivity index (χ2v) is 14.0. The Bertz CT molecular complexity index is 1640. The van der Waals surface area contributed by atoms with Gasteiger partial charge in [-0.05, 0) is 108 Å². The summed E-state index contributed by atoms with van der Waals surface area (Å²) >= 11 is 0. The molecule has 9 nitrogen and oxygen atoms in total. The fourth-order valence-electron chi connectivity index (χ4n) is 6.11. The summed E-state index contributed by atoms with van der Waals surface area (Å²) in [6.07, 6.45) is 2.47. The van der Waals surface area contributed by atoms with Crippen molar-refractivity contribution in [1.82, 2.24) is 14.4 Å². The van der Waals surface area contributed by atoms with Gasteiger partial charge in [-0.25, -0.2) is 4.39 Å². The Morgan fingerprint density at radius 2 is 1.76 bits per heavy atom. The summed E-state index contributed by atoms with van der Waals surface area (Å²) in [7, 11) is 0. The highest BCUT2D eigenvalue weighted by Crippen LogP contribution is 2.38. The molecule has 0 radical (unpaired) electrons. The predicted octanol–water partition coefficient (Wildman–Crippen LogP) is 5.96. The number of aromatic nitrogens is 1. The Kier molecular flexibility index (Phi) is 9.77. The van der Waals surface area contributed by atoms with E-state index in [1.807, 2.05) is 35.8 Å². The fourth-order valence-corrected chi connectivity index (χ4v) is 6.11. The molecule has 5 rings (SSSR count). The first-order valence-corrected chi connectivity index (χ1v) is 16.2. The molecule has 1 aliphatic carbocycles. The molecule has 3 aromatic rings. The van der Waals surface area contributed by atoms with Crippen LogP contribution in [0.15, 0.2) is 30.3 Å². The molecule has 1 N–H and O–H groups in total. The first-order chi connectivity index (χ1) is 21.7. The summed E-state index contributed by atoms with van der Waals surface area (Å²) in [4.78, 5) is 42.2. The van der Waals surface area contributed by atoms with E-state index in [1.54, 1.807) is 32.9 Å². The van der Waals surface area contributed by atoms with Gasteiger partial charge in [0.1, 0.15) is 5.82 Å². The van der Waals surface area contributed by atoms with E-state index in [2.05, 4.69) is 23.7 Å². The number of amides is 1. The van der Waals surface area contributed by atoms with E-state index >= 15 is 0 Å². The maximum Gasteiger partial charge on any atom is 0.323 e. The van der Waals surface area contributed by atoms with Crippen LogP contribution in [0.2, 0.25) is 0 Å². The van der Waals surface area contributed by atoms with Gasteiger partial charge in [-0.15, -0.1) is 0 Å². The minimum absolute atomic E-state index is 0.0508. The lowest BCUT2D eigenvalue weighted by Gasteiger charge is -2.39. The van der Waals surface area contributed by atoms with E-state index in [4.69, 9.17) is 9.47 Å². The summed E-state index contributed by atoms with van der Waals surface area (Å²) in [5.74, 6) is -0.553. The van der Waals surface area contributed by atoms with Crippen LogP contribution in [0.1, 0.15) is 73.3 Å². The number of carbonyl (C=O) groups is 3. The average Bonchev–Trinajstić information content (AvgIpc) is 3.78. The van der Waals surface area contributed by atoms with Crippen LogP contribution in [-0.4, -0.2) is 71.2 Å². The molecule has 2 fully saturated rings. The van der Waals surface area contributed by atoms with Crippen molar-refractivity contribution in [2.75, 3.05) is 38.3 Å². The van der Waals surface area contributed by atoms with Gasteiger partial charge in [0, 0.05) is 55.4 Å². The molecule has 1 saturated carbocycles. The number of fused-ring (bicyclic) bond motifs is 1. The first-order valence-electron chi connectivity index (χ1n) is 16.2. The van der Waals surface area contributed by atoms with Gasteiger partial charge in [0.05, 0.1) is 23.2 Å². The van der Waals surface area contributed by atoms with Gasteiger partial charge in [0.15, 0.2) is 0 Å². The molecule has 1 aromatic heterocycles. The van der Waals surface area contributed by atoms with Crippen molar-refractivity contribution >= 4 is 34.4 Å². The second kappa shape index (κ2) is 13.4. The number of nitrogens with zero attached hydrogens (tertiary/aromatic N) is 3. The highest BCUT2D eigenvalue weighted by atomic mass is 19.1. The summed E-state index contributed by atoms with van der Waals surface area (Å²) < 4.78 is 26.3. The molecule has 1 aliphatic heterocycles. The molecule has 0 spiro atoms. The molecular formula is C36H47FN4O5. The molecule has 2 aromatic carbocycles. The van der Waals surface area contributed by atoms with E-state index in [0.29, 0.717) is 37.7 Å². The van der Waals surface area contributed by atoms with Crippen molar-refractivity contribution in [2.45, 2.75) is 80.4 Å². The Labute approximate surface area is 271 Å². The Balaban J connectivity index is 1.31. The van der Waals surface area contributed by atoms with E-state index in [9.17, 15) is 18.8 Å². The third-order valence-electron chi connectivity index (χ3n) is 9.24. The lowest BCUT2D eigenvalue weighted by atomic mass is 9.98. The van der Waals surface area contributed by atoms with Crippen LogP contribution in [0.4, 0.5) is 10.1 Å². The van der Waals surface area contributed by atoms with Crippen LogP contribution in [0.3, 0.4) is 0 Å². The second-order valence-electron chi connectivity index (χ2n) is 14.0. The van der Waals surface area contributed by atoms with Crippen molar-refractivity contribution in [1.29, 1.82) is 0 Å². The molecular weight excluding hydrogens is 587 g/mol. The molecule has 1 saturated heterocycles. The van der Waals surface area contributed by atoms with Crippen molar-refractivity contribution in [3.8, 4) is 0 Å².